The molecule has 0 aromatic heterocycles. The number of rotatable bonds is 3. The summed E-state index contributed by atoms with van der Waals surface area (Å²) in [5, 5.41) is 3.91. The van der Waals surface area contributed by atoms with Gasteiger partial charge in [0.05, 0.1) is 0 Å². The third-order valence-corrected chi connectivity index (χ3v) is 1.81. The van der Waals surface area contributed by atoms with Gasteiger partial charge in [0, 0.05) is 12.0 Å². The Balaban J connectivity index is 2.86. The summed E-state index contributed by atoms with van der Waals surface area (Å²) in [5.41, 5.74) is 1.68. The molecule has 1 rings (SSSR count). The van der Waals surface area contributed by atoms with Gasteiger partial charge in [0.2, 0.25) is 0 Å². The molecule has 0 saturated carbocycles. The molecule has 0 aliphatic rings. The van der Waals surface area contributed by atoms with Crippen LogP contribution in [0.5, 0.6) is 0 Å². The Bertz CT molecular complexity index is 371. The number of nitrogens with zero attached hydrogens (tertiary/aromatic N) is 1. The lowest BCUT2D eigenvalue weighted by molar-refractivity contribution is 0.214. The first-order chi connectivity index (χ1) is 7.38. The predicted octanol–water partition coefficient (Wildman–Crippen LogP) is 2.84. The van der Waals surface area contributed by atoms with E-state index in [1.807, 2.05) is 30.3 Å². The van der Waals surface area contributed by atoms with Crippen LogP contribution >= 0.6 is 0 Å². The fourth-order valence-corrected chi connectivity index (χ4v) is 1.11. The van der Waals surface area contributed by atoms with E-state index in [0.29, 0.717) is 5.71 Å². The molecule has 0 aliphatic heterocycles. The standard InChI is InChI=1S/C13H15NO/c1-3-4-6-11-13(14-15-2)12-9-7-5-8-10-12/h5,7-10H,3-4H2,1-2H3. The first-order valence-electron chi connectivity index (χ1n) is 5.04. The highest BCUT2D eigenvalue weighted by Crippen LogP contribution is 2.01. The zero-order valence-corrected chi connectivity index (χ0v) is 9.16. The Kier molecular flexibility index (Phi) is 5.03. The highest BCUT2D eigenvalue weighted by molar-refractivity contribution is 6.12. The van der Waals surface area contributed by atoms with Gasteiger partial charge in [-0.05, 0) is 12.3 Å². The Morgan fingerprint density at radius 1 is 1.33 bits per heavy atom. The summed E-state index contributed by atoms with van der Waals surface area (Å²) in [6.45, 7) is 2.10. The number of oxime groups is 1. The van der Waals surface area contributed by atoms with Gasteiger partial charge in [-0.15, -0.1) is 0 Å². The average Bonchev–Trinajstić information content (AvgIpc) is 2.29. The number of hydrogen-bond acceptors (Lipinski definition) is 2. The highest BCUT2D eigenvalue weighted by atomic mass is 16.6. The van der Waals surface area contributed by atoms with Crippen LogP contribution < -0.4 is 0 Å². The second-order valence-corrected chi connectivity index (χ2v) is 3.04. The zero-order chi connectivity index (χ0) is 10.9. The lowest BCUT2D eigenvalue weighted by atomic mass is 10.1. The third kappa shape index (κ3) is 3.86. The van der Waals surface area contributed by atoms with Crippen molar-refractivity contribution in [3.05, 3.63) is 35.9 Å². The topological polar surface area (TPSA) is 21.6 Å². The molecule has 2 nitrogen and oxygen atoms in total. The van der Waals surface area contributed by atoms with Crippen molar-refractivity contribution < 1.29 is 4.84 Å². The number of benzene rings is 1. The first-order valence-corrected chi connectivity index (χ1v) is 5.04. The maximum atomic E-state index is 4.77. The molecule has 78 valence electrons. The van der Waals surface area contributed by atoms with Crippen LogP contribution in [0.4, 0.5) is 0 Å². The smallest absolute Gasteiger partial charge is 0.159 e. The van der Waals surface area contributed by atoms with Crippen molar-refractivity contribution in [1.29, 1.82) is 0 Å². The summed E-state index contributed by atoms with van der Waals surface area (Å²) in [6.07, 6.45) is 1.94. The molecular weight excluding hydrogens is 186 g/mol. The van der Waals surface area contributed by atoms with Crippen molar-refractivity contribution in [1.82, 2.24) is 0 Å². The maximum absolute atomic E-state index is 4.77. The quantitative estimate of drug-likeness (QED) is 0.418. The van der Waals surface area contributed by atoms with Crippen LogP contribution in [0.1, 0.15) is 25.3 Å². The lowest BCUT2D eigenvalue weighted by Crippen LogP contribution is -1.97. The molecule has 0 aliphatic carbocycles. The van der Waals surface area contributed by atoms with Crippen LogP contribution in [0, 0.1) is 11.8 Å². The van der Waals surface area contributed by atoms with Crippen LogP contribution in [0.3, 0.4) is 0 Å². The lowest BCUT2D eigenvalue weighted by Gasteiger charge is -1.97. The van der Waals surface area contributed by atoms with E-state index < -0.39 is 0 Å². The molecule has 0 bridgehead atoms. The first kappa shape index (κ1) is 11.3. The molecule has 15 heavy (non-hydrogen) atoms. The fraction of sp³-hybridized carbons (Fsp3) is 0.308. The van der Waals surface area contributed by atoms with Crippen LogP contribution in [-0.2, 0) is 4.84 Å². The molecule has 0 radical (unpaired) electrons. The van der Waals surface area contributed by atoms with Gasteiger partial charge < -0.3 is 4.84 Å². The Morgan fingerprint density at radius 3 is 2.67 bits per heavy atom. The summed E-state index contributed by atoms with van der Waals surface area (Å²) in [4.78, 5) is 4.77. The zero-order valence-electron chi connectivity index (χ0n) is 9.16. The molecule has 0 heterocycles. The summed E-state index contributed by atoms with van der Waals surface area (Å²) in [5.74, 6) is 6.07. The summed E-state index contributed by atoms with van der Waals surface area (Å²) in [6, 6.07) is 9.83. The Hall–Kier alpha value is -1.75. The molecule has 0 spiro atoms. The maximum Gasteiger partial charge on any atom is 0.159 e. The molecule has 0 fully saturated rings. The van der Waals surface area contributed by atoms with E-state index in [-0.39, 0.29) is 0 Å². The molecule has 0 atom stereocenters. The van der Waals surface area contributed by atoms with Crippen molar-refractivity contribution in [3.63, 3.8) is 0 Å². The van der Waals surface area contributed by atoms with Gasteiger partial charge in [-0.25, -0.2) is 0 Å². The second-order valence-electron chi connectivity index (χ2n) is 3.04. The number of hydrogen-bond donors (Lipinski definition) is 0. The van der Waals surface area contributed by atoms with E-state index in [1.54, 1.807) is 0 Å². The highest BCUT2D eigenvalue weighted by Gasteiger charge is 1.98. The normalized spacial score (nSPS) is 10.4. The van der Waals surface area contributed by atoms with Gasteiger partial charge in [0.15, 0.2) is 5.71 Å². The van der Waals surface area contributed by atoms with Crippen LogP contribution in [0.15, 0.2) is 35.5 Å². The Labute approximate surface area is 90.9 Å². The molecule has 0 saturated heterocycles. The molecule has 1 aromatic rings. The SMILES string of the molecule is CCCC#CC(=NOC)c1ccccc1. The predicted molar refractivity (Wildman–Crippen MR) is 62.7 cm³/mol. The monoisotopic (exact) mass is 201 g/mol. The van der Waals surface area contributed by atoms with Gasteiger partial charge >= 0.3 is 0 Å². The van der Waals surface area contributed by atoms with E-state index >= 15 is 0 Å². The largest absolute Gasteiger partial charge is 0.398 e. The van der Waals surface area contributed by atoms with Gasteiger partial charge in [0.25, 0.3) is 0 Å². The van der Waals surface area contributed by atoms with E-state index in [0.717, 1.165) is 18.4 Å². The van der Waals surface area contributed by atoms with Crippen molar-refractivity contribution in [2.75, 3.05) is 7.11 Å². The molecule has 2 heteroatoms. The van der Waals surface area contributed by atoms with E-state index in [4.69, 9.17) is 4.84 Å². The molecule has 0 unspecified atom stereocenters. The third-order valence-electron chi connectivity index (χ3n) is 1.81. The van der Waals surface area contributed by atoms with E-state index in [2.05, 4.69) is 23.9 Å². The fourth-order valence-electron chi connectivity index (χ4n) is 1.11. The molecular formula is C13H15NO. The van der Waals surface area contributed by atoms with Crippen molar-refractivity contribution in [2.24, 2.45) is 5.16 Å². The van der Waals surface area contributed by atoms with Crippen LogP contribution in [0.25, 0.3) is 0 Å². The molecule has 1 aromatic carbocycles. The second kappa shape index (κ2) is 6.67. The molecule has 0 amide bonds. The van der Waals surface area contributed by atoms with Crippen LogP contribution in [-0.4, -0.2) is 12.8 Å². The van der Waals surface area contributed by atoms with Gasteiger partial charge in [-0.3, -0.25) is 0 Å². The van der Waals surface area contributed by atoms with Gasteiger partial charge in [-0.1, -0.05) is 48.3 Å². The summed E-state index contributed by atoms with van der Waals surface area (Å²) in [7, 11) is 1.53. The van der Waals surface area contributed by atoms with E-state index in [9.17, 15) is 0 Å². The van der Waals surface area contributed by atoms with E-state index in [1.165, 1.54) is 7.11 Å². The Morgan fingerprint density at radius 2 is 2.07 bits per heavy atom. The van der Waals surface area contributed by atoms with Crippen molar-refractivity contribution >= 4 is 5.71 Å². The summed E-state index contributed by atoms with van der Waals surface area (Å²) < 4.78 is 0. The minimum atomic E-state index is 0.687. The number of unbranched alkanes of at least 4 members (excludes halogenated alkanes) is 1. The van der Waals surface area contributed by atoms with Crippen LogP contribution in [0.2, 0.25) is 0 Å². The minimum absolute atomic E-state index is 0.687. The summed E-state index contributed by atoms with van der Waals surface area (Å²) >= 11 is 0. The van der Waals surface area contributed by atoms with Crippen molar-refractivity contribution in [3.8, 4) is 11.8 Å². The van der Waals surface area contributed by atoms with Gasteiger partial charge in [0.1, 0.15) is 7.11 Å². The average molecular weight is 201 g/mol. The minimum Gasteiger partial charge on any atom is -0.398 e. The van der Waals surface area contributed by atoms with Gasteiger partial charge in [-0.2, -0.15) is 0 Å². The molecule has 0 N–H and O–H groups in total. The van der Waals surface area contributed by atoms with Crippen molar-refractivity contribution in [2.45, 2.75) is 19.8 Å².